The summed E-state index contributed by atoms with van der Waals surface area (Å²) in [4.78, 5) is 37.2. The van der Waals surface area contributed by atoms with Gasteiger partial charge < -0.3 is 14.2 Å². The van der Waals surface area contributed by atoms with Crippen LogP contribution < -0.4 is 4.74 Å². The van der Waals surface area contributed by atoms with Crippen LogP contribution in [0.1, 0.15) is 26.3 Å². The molecule has 31 heavy (non-hydrogen) atoms. The topological polar surface area (TPSA) is 99.2 Å². The zero-order valence-corrected chi connectivity index (χ0v) is 20.1. The van der Waals surface area contributed by atoms with Crippen molar-refractivity contribution in [3.05, 3.63) is 52.6 Å². The minimum absolute atomic E-state index is 0.0239. The third kappa shape index (κ3) is 5.43. The molecule has 2 rings (SSSR count). The lowest BCUT2D eigenvalue weighted by Gasteiger charge is -2.44. The van der Waals surface area contributed by atoms with E-state index in [9.17, 15) is 18.6 Å². The highest BCUT2D eigenvalue weighted by atomic mass is 79.9. The number of benzene rings is 1. The Labute approximate surface area is 191 Å². The zero-order chi connectivity index (χ0) is 23.3. The van der Waals surface area contributed by atoms with Gasteiger partial charge in [-0.1, -0.05) is 34.6 Å². The Morgan fingerprint density at radius 3 is 2.29 bits per heavy atom. The maximum atomic E-state index is 12.9. The third-order valence-corrected chi connectivity index (χ3v) is 7.20. The van der Waals surface area contributed by atoms with Crippen LogP contribution in [0.15, 0.2) is 47.0 Å². The normalized spacial score (nSPS) is 18.5. The standard InChI is InChI=1S/C21H24BrNO7S/c1-6-29-20(25)13(4)31(27)19-16(22)18(24)23(19)17(12(2)3)21(26)30-11-14-7-9-15(28-5)10-8-14/h7-10,16,19H,4,6,11H2,1-3,5H3/t16-,19+,31?/m0/s1. The van der Waals surface area contributed by atoms with E-state index in [2.05, 4.69) is 22.5 Å². The molecule has 1 unspecified atom stereocenters. The van der Waals surface area contributed by atoms with Crippen molar-refractivity contribution in [3.63, 3.8) is 0 Å². The van der Waals surface area contributed by atoms with Crippen molar-refractivity contribution in [2.75, 3.05) is 13.7 Å². The number of hydrogen-bond acceptors (Lipinski definition) is 7. The summed E-state index contributed by atoms with van der Waals surface area (Å²) in [7, 11) is -0.449. The second-order valence-electron chi connectivity index (χ2n) is 6.71. The van der Waals surface area contributed by atoms with E-state index >= 15 is 0 Å². The molecule has 3 atom stereocenters. The van der Waals surface area contributed by atoms with E-state index in [-0.39, 0.29) is 23.8 Å². The number of nitrogens with zero attached hydrogens (tertiary/aromatic N) is 1. The Morgan fingerprint density at radius 2 is 1.77 bits per heavy atom. The summed E-state index contributed by atoms with van der Waals surface area (Å²) < 4.78 is 28.2. The number of esters is 2. The molecule has 10 heteroatoms. The number of amides is 1. The highest BCUT2D eigenvalue weighted by Gasteiger charge is 2.54. The first kappa shape index (κ1) is 24.8. The highest BCUT2D eigenvalue weighted by molar-refractivity contribution is 9.10. The highest BCUT2D eigenvalue weighted by Crippen LogP contribution is 2.36. The Bertz CT molecular complexity index is 938. The van der Waals surface area contributed by atoms with Gasteiger partial charge in [0, 0.05) is 0 Å². The molecule has 1 saturated heterocycles. The average molecular weight is 514 g/mol. The number of hydrogen-bond donors (Lipinski definition) is 0. The predicted molar refractivity (Wildman–Crippen MR) is 118 cm³/mol. The fourth-order valence-corrected chi connectivity index (χ4v) is 5.09. The lowest BCUT2D eigenvalue weighted by Crippen LogP contribution is -2.64. The van der Waals surface area contributed by atoms with Gasteiger partial charge in [-0.15, -0.1) is 0 Å². The van der Waals surface area contributed by atoms with Crippen LogP contribution >= 0.6 is 15.9 Å². The lowest BCUT2D eigenvalue weighted by molar-refractivity contribution is -0.149. The number of allylic oxidation sites excluding steroid dienone is 1. The molecule has 0 aliphatic carbocycles. The smallest absolute Gasteiger partial charge is 0.355 e. The van der Waals surface area contributed by atoms with Gasteiger partial charge >= 0.3 is 11.9 Å². The number of methoxy groups -OCH3 is 1. The second-order valence-corrected chi connectivity index (χ2v) is 9.27. The molecule has 1 amide bonds. The molecular formula is C21H24BrNO7S. The van der Waals surface area contributed by atoms with Crippen LogP contribution in [0.2, 0.25) is 0 Å². The summed E-state index contributed by atoms with van der Waals surface area (Å²) >= 11 is 3.18. The Morgan fingerprint density at radius 1 is 1.16 bits per heavy atom. The Kier molecular flexibility index (Phi) is 8.58. The van der Waals surface area contributed by atoms with Crippen molar-refractivity contribution in [2.45, 2.75) is 37.6 Å². The van der Waals surface area contributed by atoms with E-state index in [0.717, 1.165) is 10.5 Å². The molecule has 0 aromatic heterocycles. The van der Waals surface area contributed by atoms with Crippen molar-refractivity contribution in [3.8, 4) is 5.75 Å². The quantitative estimate of drug-likeness (QED) is 0.216. The van der Waals surface area contributed by atoms with Gasteiger partial charge in [0.05, 0.1) is 24.5 Å². The van der Waals surface area contributed by atoms with Crippen LogP contribution in [0.4, 0.5) is 0 Å². The molecule has 1 aromatic rings. The first-order valence-electron chi connectivity index (χ1n) is 9.35. The van der Waals surface area contributed by atoms with Crippen molar-refractivity contribution >= 4 is 44.6 Å². The molecule has 0 radical (unpaired) electrons. The molecule has 1 aliphatic rings. The van der Waals surface area contributed by atoms with Crippen molar-refractivity contribution in [2.24, 2.45) is 0 Å². The molecule has 1 aromatic carbocycles. The molecule has 0 bridgehead atoms. The zero-order valence-electron chi connectivity index (χ0n) is 17.7. The number of likely N-dealkylation sites (tertiary alicyclic amines) is 1. The molecular weight excluding hydrogens is 490 g/mol. The van der Waals surface area contributed by atoms with E-state index in [0.29, 0.717) is 11.3 Å². The molecule has 1 aliphatic heterocycles. The van der Waals surface area contributed by atoms with Gasteiger partial charge in [0.15, 0.2) is 0 Å². The van der Waals surface area contributed by atoms with Crippen LogP contribution in [0.3, 0.4) is 0 Å². The van der Waals surface area contributed by atoms with Gasteiger partial charge in [-0.25, -0.2) is 9.59 Å². The Balaban J connectivity index is 2.19. The molecule has 1 heterocycles. The number of rotatable bonds is 9. The maximum Gasteiger partial charge on any atom is 0.355 e. The molecule has 0 spiro atoms. The third-order valence-electron chi connectivity index (χ3n) is 4.38. The van der Waals surface area contributed by atoms with Gasteiger partial charge in [-0.3, -0.25) is 13.9 Å². The molecule has 8 nitrogen and oxygen atoms in total. The fraction of sp³-hybridized carbons (Fsp3) is 0.381. The summed E-state index contributed by atoms with van der Waals surface area (Å²) in [5, 5.41) is -0.997. The SMILES string of the molecule is C=C(C(=O)OCC)S(=O)[C@@H]1[C@@H](Br)C(=O)N1C(C(=O)OCc1ccc(OC)cc1)=C(C)C. The summed E-state index contributed by atoms with van der Waals surface area (Å²) in [6, 6.07) is 6.97. The van der Waals surface area contributed by atoms with E-state index in [4.69, 9.17) is 14.2 Å². The molecule has 0 saturated carbocycles. The minimum atomic E-state index is -2.00. The summed E-state index contributed by atoms with van der Waals surface area (Å²) in [6.07, 6.45) is 0. The number of alkyl halides is 1. The summed E-state index contributed by atoms with van der Waals surface area (Å²) in [5.74, 6) is -1.36. The average Bonchev–Trinajstić information content (AvgIpc) is 2.76. The molecule has 168 valence electrons. The lowest BCUT2D eigenvalue weighted by atomic mass is 10.1. The van der Waals surface area contributed by atoms with Gasteiger partial charge in [0.2, 0.25) is 5.91 Å². The van der Waals surface area contributed by atoms with E-state index in [1.807, 2.05) is 0 Å². The first-order valence-corrected chi connectivity index (χ1v) is 11.5. The van der Waals surface area contributed by atoms with E-state index < -0.39 is 38.8 Å². The maximum absolute atomic E-state index is 12.9. The van der Waals surface area contributed by atoms with Gasteiger partial charge in [0.25, 0.3) is 0 Å². The monoisotopic (exact) mass is 513 g/mol. The number of ether oxygens (including phenoxy) is 3. The Hall–Kier alpha value is -2.46. The molecule has 0 N–H and O–H groups in total. The van der Waals surface area contributed by atoms with Crippen molar-refractivity contribution in [1.29, 1.82) is 0 Å². The van der Waals surface area contributed by atoms with Crippen molar-refractivity contribution in [1.82, 2.24) is 4.90 Å². The van der Waals surface area contributed by atoms with Crippen LogP contribution in [0.25, 0.3) is 0 Å². The summed E-state index contributed by atoms with van der Waals surface area (Å²) in [6.45, 7) is 8.49. The predicted octanol–water partition coefficient (Wildman–Crippen LogP) is 2.79. The summed E-state index contributed by atoms with van der Waals surface area (Å²) in [5.41, 5.74) is 1.20. The fourth-order valence-electron chi connectivity index (χ4n) is 2.79. The van der Waals surface area contributed by atoms with E-state index in [1.54, 1.807) is 52.1 Å². The van der Waals surface area contributed by atoms with Crippen molar-refractivity contribution < 1.29 is 32.8 Å². The van der Waals surface area contributed by atoms with Gasteiger partial charge in [-0.2, -0.15) is 0 Å². The van der Waals surface area contributed by atoms with Gasteiger partial charge in [-0.05, 0) is 44.0 Å². The van der Waals surface area contributed by atoms with Crippen LogP contribution in [-0.2, 0) is 41.3 Å². The van der Waals surface area contributed by atoms with E-state index in [1.165, 1.54) is 0 Å². The largest absolute Gasteiger partial charge is 0.497 e. The van der Waals surface area contributed by atoms with Crippen LogP contribution in [-0.4, -0.2) is 50.9 Å². The van der Waals surface area contributed by atoms with Crippen LogP contribution in [0.5, 0.6) is 5.75 Å². The first-order chi connectivity index (χ1) is 14.6. The number of carbonyl (C=O) groups excluding carboxylic acids is 3. The minimum Gasteiger partial charge on any atom is -0.497 e. The second kappa shape index (κ2) is 10.7. The van der Waals surface area contributed by atoms with Gasteiger partial charge in [0.1, 0.15) is 33.2 Å². The number of carbonyl (C=O) groups is 3. The number of halogens is 1. The van der Waals surface area contributed by atoms with Crippen LogP contribution in [0, 0.1) is 0 Å². The molecule has 1 fully saturated rings. The number of β-lactam (4-membered cyclic amide) rings is 1.